The summed E-state index contributed by atoms with van der Waals surface area (Å²) < 4.78 is 31.3. The molecule has 0 aromatic heterocycles. The van der Waals surface area contributed by atoms with E-state index >= 15 is 0 Å². The van der Waals surface area contributed by atoms with E-state index in [1.807, 2.05) is 22.6 Å². The Hall–Kier alpha value is -2.03. The Morgan fingerprint density at radius 3 is 2.50 bits per heavy atom. The maximum atomic E-state index is 13.0. The van der Waals surface area contributed by atoms with Crippen molar-refractivity contribution in [2.45, 2.75) is 0 Å². The van der Waals surface area contributed by atoms with Gasteiger partial charge in [-0.3, -0.25) is 4.79 Å². The minimum Gasteiger partial charge on any atom is -0.452 e. The highest BCUT2D eigenvalue weighted by molar-refractivity contribution is 14.1. The summed E-state index contributed by atoms with van der Waals surface area (Å²) in [7, 11) is 0. The number of halogens is 3. The Balaban J connectivity index is 1.91. The molecule has 1 N–H and O–H groups in total. The summed E-state index contributed by atoms with van der Waals surface area (Å²) in [6.45, 7) is -0.525. The lowest BCUT2D eigenvalue weighted by Gasteiger charge is -2.07. The monoisotopic (exact) mass is 417 g/mol. The van der Waals surface area contributed by atoms with E-state index in [1.54, 1.807) is 24.3 Å². The summed E-state index contributed by atoms with van der Waals surface area (Å²) in [6.07, 6.45) is 0. The number of amides is 1. The van der Waals surface area contributed by atoms with Gasteiger partial charge in [0.2, 0.25) is 0 Å². The lowest BCUT2D eigenvalue weighted by Crippen LogP contribution is -2.21. The van der Waals surface area contributed by atoms with Crippen molar-refractivity contribution in [2.75, 3.05) is 11.9 Å². The van der Waals surface area contributed by atoms with Gasteiger partial charge in [0.1, 0.15) is 0 Å². The zero-order chi connectivity index (χ0) is 16.1. The summed E-state index contributed by atoms with van der Waals surface area (Å²) in [4.78, 5) is 23.4. The summed E-state index contributed by atoms with van der Waals surface area (Å²) >= 11 is 1.98. The first kappa shape index (κ1) is 16.3. The Kier molecular flexibility index (Phi) is 5.42. The highest BCUT2D eigenvalue weighted by Crippen LogP contribution is 2.14. The van der Waals surface area contributed by atoms with Crippen LogP contribution >= 0.6 is 22.6 Å². The number of nitrogens with one attached hydrogen (secondary N) is 1. The van der Waals surface area contributed by atoms with Gasteiger partial charge in [0.25, 0.3) is 5.91 Å². The van der Waals surface area contributed by atoms with Gasteiger partial charge in [-0.1, -0.05) is 12.1 Å². The van der Waals surface area contributed by atoms with Gasteiger partial charge < -0.3 is 10.1 Å². The number of rotatable bonds is 4. The Bertz CT molecular complexity index is 722. The van der Waals surface area contributed by atoms with Gasteiger partial charge in [-0.2, -0.15) is 0 Å². The van der Waals surface area contributed by atoms with E-state index in [0.29, 0.717) is 9.13 Å². The zero-order valence-electron chi connectivity index (χ0n) is 11.1. The number of carbonyl (C=O) groups is 2. The van der Waals surface area contributed by atoms with Crippen LogP contribution in [0.25, 0.3) is 0 Å². The largest absolute Gasteiger partial charge is 0.452 e. The van der Waals surface area contributed by atoms with E-state index in [-0.39, 0.29) is 5.69 Å². The van der Waals surface area contributed by atoms with Crippen LogP contribution in [0.1, 0.15) is 10.4 Å². The molecule has 0 saturated carbocycles. The first-order valence-corrected chi connectivity index (χ1v) is 7.22. The maximum absolute atomic E-state index is 13.0. The fourth-order valence-corrected chi connectivity index (χ4v) is 2.21. The Labute approximate surface area is 138 Å². The van der Waals surface area contributed by atoms with Crippen molar-refractivity contribution < 1.29 is 23.1 Å². The number of ether oxygens (including phenoxy) is 1. The first-order valence-electron chi connectivity index (χ1n) is 6.14. The van der Waals surface area contributed by atoms with Gasteiger partial charge in [0, 0.05) is 15.3 Å². The molecule has 1 amide bonds. The van der Waals surface area contributed by atoms with Crippen molar-refractivity contribution in [3.63, 3.8) is 0 Å². The Morgan fingerprint density at radius 1 is 1.09 bits per heavy atom. The van der Waals surface area contributed by atoms with E-state index < -0.39 is 30.1 Å². The number of anilines is 1. The highest BCUT2D eigenvalue weighted by Gasteiger charge is 2.13. The molecule has 0 fully saturated rings. The van der Waals surface area contributed by atoms with Crippen LogP contribution in [-0.2, 0) is 9.53 Å². The van der Waals surface area contributed by atoms with Crippen molar-refractivity contribution >= 4 is 40.2 Å². The van der Waals surface area contributed by atoms with Gasteiger partial charge in [0.05, 0.1) is 5.56 Å². The smallest absolute Gasteiger partial charge is 0.339 e. The summed E-state index contributed by atoms with van der Waals surface area (Å²) in [5, 5.41) is 2.31. The molecule has 0 spiro atoms. The number of benzene rings is 2. The number of hydrogen-bond donors (Lipinski definition) is 1. The number of esters is 1. The van der Waals surface area contributed by atoms with E-state index in [2.05, 4.69) is 5.32 Å². The molecule has 0 bridgehead atoms. The van der Waals surface area contributed by atoms with Crippen LogP contribution in [0, 0.1) is 15.2 Å². The molecular formula is C15H10F2INO3. The van der Waals surface area contributed by atoms with Crippen molar-refractivity contribution in [3.8, 4) is 0 Å². The molecule has 0 saturated heterocycles. The van der Waals surface area contributed by atoms with Crippen molar-refractivity contribution in [2.24, 2.45) is 0 Å². The minimum absolute atomic E-state index is 0.0780. The second-order valence-corrected chi connectivity index (χ2v) is 5.40. The third-order valence-electron chi connectivity index (χ3n) is 2.63. The van der Waals surface area contributed by atoms with Gasteiger partial charge in [0.15, 0.2) is 18.2 Å². The molecule has 0 aliphatic carbocycles. The molecule has 7 heteroatoms. The second-order valence-electron chi connectivity index (χ2n) is 4.23. The molecule has 2 aromatic rings. The van der Waals surface area contributed by atoms with Gasteiger partial charge in [-0.05, 0) is 46.9 Å². The molecule has 0 unspecified atom stereocenters. The fraction of sp³-hybridized carbons (Fsp3) is 0.0667. The first-order chi connectivity index (χ1) is 10.5. The van der Waals surface area contributed by atoms with Gasteiger partial charge in [-0.25, -0.2) is 13.6 Å². The van der Waals surface area contributed by atoms with Crippen LogP contribution in [0.4, 0.5) is 14.5 Å². The lowest BCUT2D eigenvalue weighted by molar-refractivity contribution is -0.119. The van der Waals surface area contributed by atoms with Crippen molar-refractivity contribution in [1.82, 2.24) is 0 Å². The molecule has 2 rings (SSSR count). The van der Waals surface area contributed by atoms with Crippen LogP contribution < -0.4 is 5.32 Å². The van der Waals surface area contributed by atoms with Crippen LogP contribution in [-0.4, -0.2) is 18.5 Å². The van der Waals surface area contributed by atoms with E-state index in [4.69, 9.17) is 4.74 Å². The van der Waals surface area contributed by atoms with Crippen LogP contribution in [0.15, 0.2) is 42.5 Å². The normalized spacial score (nSPS) is 10.1. The Morgan fingerprint density at radius 2 is 1.82 bits per heavy atom. The fourth-order valence-electron chi connectivity index (χ4n) is 1.61. The quantitative estimate of drug-likeness (QED) is 0.614. The number of hydrogen-bond acceptors (Lipinski definition) is 3. The van der Waals surface area contributed by atoms with E-state index in [1.165, 1.54) is 6.07 Å². The molecule has 0 atom stereocenters. The third kappa shape index (κ3) is 4.23. The highest BCUT2D eigenvalue weighted by atomic mass is 127. The molecule has 4 nitrogen and oxygen atoms in total. The van der Waals surface area contributed by atoms with Crippen molar-refractivity contribution in [3.05, 3.63) is 63.2 Å². The molecule has 0 aliphatic rings. The van der Waals surface area contributed by atoms with E-state index in [9.17, 15) is 18.4 Å². The van der Waals surface area contributed by atoms with Crippen LogP contribution in [0.5, 0.6) is 0 Å². The second kappa shape index (κ2) is 7.30. The maximum Gasteiger partial charge on any atom is 0.339 e. The van der Waals surface area contributed by atoms with Crippen LogP contribution in [0.2, 0.25) is 0 Å². The number of carbonyl (C=O) groups excluding carboxylic acids is 2. The molecule has 0 radical (unpaired) electrons. The molecule has 22 heavy (non-hydrogen) atoms. The average Bonchev–Trinajstić information content (AvgIpc) is 2.49. The lowest BCUT2D eigenvalue weighted by atomic mass is 10.2. The van der Waals surface area contributed by atoms with Crippen LogP contribution in [0.3, 0.4) is 0 Å². The van der Waals surface area contributed by atoms with Gasteiger partial charge >= 0.3 is 5.97 Å². The van der Waals surface area contributed by atoms with Gasteiger partial charge in [-0.15, -0.1) is 0 Å². The predicted molar refractivity (Wildman–Crippen MR) is 84.4 cm³/mol. The molecular weight excluding hydrogens is 407 g/mol. The summed E-state index contributed by atoms with van der Waals surface area (Å²) in [5.74, 6) is -3.37. The summed E-state index contributed by atoms with van der Waals surface area (Å²) in [5.41, 5.74) is 0.429. The predicted octanol–water partition coefficient (Wildman–Crippen LogP) is 3.36. The molecule has 2 aromatic carbocycles. The standard InChI is InChI=1S/C15H10F2INO3/c16-11-6-5-9(7-12(11)17)19-14(20)8-22-15(21)10-3-1-2-4-13(10)18/h1-7H,8H2,(H,19,20). The molecule has 0 heterocycles. The third-order valence-corrected chi connectivity index (χ3v) is 3.57. The average molecular weight is 417 g/mol. The van der Waals surface area contributed by atoms with E-state index in [0.717, 1.165) is 12.1 Å². The zero-order valence-corrected chi connectivity index (χ0v) is 13.3. The SMILES string of the molecule is O=C(COC(=O)c1ccccc1I)Nc1ccc(F)c(F)c1. The van der Waals surface area contributed by atoms with Crippen molar-refractivity contribution in [1.29, 1.82) is 0 Å². The minimum atomic E-state index is -1.08. The molecule has 114 valence electrons. The summed E-state index contributed by atoms with van der Waals surface area (Å²) in [6, 6.07) is 9.71. The topological polar surface area (TPSA) is 55.4 Å². The molecule has 0 aliphatic heterocycles.